The first-order chi connectivity index (χ1) is 7.76. The van der Waals surface area contributed by atoms with Crippen molar-refractivity contribution in [2.45, 2.75) is 19.0 Å². The van der Waals surface area contributed by atoms with E-state index in [1.807, 2.05) is 12.1 Å². The van der Waals surface area contributed by atoms with E-state index in [2.05, 4.69) is 5.32 Å². The van der Waals surface area contributed by atoms with E-state index in [1.54, 1.807) is 19.2 Å². The highest BCUT2D eigenvalue weighted by Crippen LogP contribution is 2.09. The Morgan fingerprint density at radius 2 is 2.00 bits per heavy atom. The standard InChI is InChI=1S/C12H19NO3/c1-16-9-11(6-7-14)13-8-10-2-4-12(15)5-3-10/h2-5,11,13-15H,6-9H2,1H3. The van der Waals surface area contributed by atoms with Crippen LogP contribution in [0.25, 0.3) is 0 Å². The lowest BCUT2D eigenvalue weighted by Crippen LogP contribution is -2.33. The van der Waals surface area contributed by atoms with Gasteiger partial charge >= 0.3 is 0 Å². The highest BCUT2D eigenvalue weighted by atomic mass is 16.5. The fraction of sp³-hybridized carbons (Fsp3) is 0.500. The molecule has 1 unspecified atom stereocenters. The average Bonchev–Trinajstić information content (AvgIpc) is 2.29. The molecule has 0 spiro atoms. The second-order valence-electron chi connectivity index (χ2n) is 3.71. The molecule has 0 saturated heterocycles. The molecule has 0 aromatic heterocycles. The normalized spacial score (nSPS) is 12.6. The lowest BCUT2D eigenvalue weighted by atomic mass is 10.2. The Kier molecular flexibility index (Phi) is 5.85. The third kappa shape index (κ3) is 4.61. The number of hydrogen-bond donors (Lipinski definition) is 3. The summed E-state index contributed by atoms with van der Waals surface area (Å²) >= 11 is 0. The summed E-state index contributed by atoms with van der Waals surface area (Å²) in [6.07, 6.45) is 0.673. The van der Waals surface area contributed by atoms with Gasteiger partial charge < -0.3 is 20.3 Å². The Morgan fingerprint density at radius 3 is 2.56 bits per heavy atom. The van der Waals surface area contributed by atoms with Crippen molar-refractivity contribution in [2.75, 3.05) is 20.3 Å². The number of aromatic hydroxyl groups is 1. The maximum absolute atomic E-state index is 9.13. The van der Waals surface area contributed by atoms with E-state index in [-0.39, 0.29) is 18.4 Å². The maximum atomic E-state index is 9.13. The molecular formula is C12H19NO3. The van der Waals surface area contributed by atoms with Crippen LogP contribution >= 0.6 is 0 Å². The van der Waals surface area contributed by atoms with E-state index in [0.717, 1.165) is 5.56 Å². The highest BCUT2D eigenvalue weighted by Gasteiger charge is 2.06. The van der Waals surface area contributed by atoms with Gasteiger partial charge in [-0.2, -0.15) is 0 Å². The van der Waals surface area contributed by atoms with Crippen molar-refractivity contribution in [3.05, 3.63) is 29.8 Å². The van der Waals surface area contributed by atoms with Gasteiger partial charge in [0.1, 0.15) is 5.75 Å². The Balaban J connectivity index is 2.38. The number of phenols is 1. The van der Waals surface area contributed by atoms with Crippen molar-refractivity contribution in [3.8, 4) is 5.75 Å². The van der Waals surface area contributed by atoms with Gasteiger partial charge in [0, 0.05) is 26.3 Å². The first-order valence-electron chi connectivity index (χ1n) is 5.37. The second kappa shape index (κ2) is 7.22. The molecule has 1 aromatic rings. The topological polar surface area (TPSA) is 61.7 Å². The maximum Gasteiger partial charge on any atom is 0.115 e. The Morgan fingerprint density at radius 1 is 1.31 bits per heavy atom. The molecule has 4 heteroatoms. The fourth-order valence-electron chi connectivity index (χ4n) is 1.48. The third-order valence-corrected chi connectivity index (χ3v) is 2.38. The van der Waals surface area contributed by atoms with Gasteiger partial charge in [-0.3, -0.25) is 0 Å². The minimum atomic E-state index is 0.149. The zero-order valence-corrected chi connectivity index (χ0v) is 9.52. The van der Waals surface area contributed by atoms with Gasteiger partial charge in [-0.1, -0.05) is 12.1 Å². The van der Waals surface area contributed by atoms with Gasteiger partial charge in [0.05, 0.1) is 6.61 Å². The lowest BCUT2D eigenvalue weighted by Gasteiger charge is -2.16. The number of benzene rings is 1. The van der Waals surface area contributed by atoms with Crippen molar-refractivity contribution in [3.63, 3.8) is 0 Å². The number of ether oxygens (including phenoxy) is 1. The third-order valence-electron chi connectivity index (χ3n) is 2.38. The van der Waals surface area contributed by atoms with Gasteiger partial charge in [-0.25, -0.2) is 0 Å². The van der Waals surface area contributed by atoms with Crippen molar-refractivity contribution in [1.29, 1.82) is 0 Å². The van der Waals surface area contributed by atoms with Crippen LogP contribution in [0.1, 0.15) is 12.0 Å². The van der Waals surface area contributed by atoms with E-state index >= 15 is 0 Å². The van der Waals surface area contributed by atoms with E-state index in [1.165, 1.54) is 0 Å². The summed E-state index contributed by atoms with van der Waals surface area (Å²) in [4.78, 5) is 0. The molecule has 1 atom stereocenters. The molecule has 90 valence electrons. The monoisotopic (exact) mass is 225 g/mol. The van der Waals surface area contributed by atoms with Gasteiger partial charge in [0.25, 0.3) is 0 Å². The quantitative estimate of drug-likeness (QED) is 0.644. The number of nitrogens with one attached hydrogen (secondary N) is 1. The van der Waals surface area contributed by atoms with Crippen molar-refractivity contribution in [2.24, 2.45) is 0 Å². The Hall–Kier alpha value is -1.10. The number of aliphatic hydroxyl groups excluding tert-OH is 1. The van der Waals surface area contributed by atoms with Crippen LogP contribution in [0.5, 0.6) is 5.75 Å². The number of hydrogen-bond acceptors (Lipinski definition) is 4. The predicted molar refractivity (Wildman–Crippen MR) is 62.3 cm³/mol. The van der Waals surface area contributed by atoms with E-state index < -0.39 is 0 Å². The van der Waals surface area contributed by atoms with Crippen LogP contribution in [0.4, 0.5) is 0 Å². The van der Waals surface area contributed by atoms with E-state index in [9.17, 15) is 0 Å². The summed E-state index contributed by atoms with van der Waals surface area (Å²) < 4.78 is 5.05. The fourth-order valence-corrected chi connectivity index (χ4v) is 1.48. The summed E-state index contributed by atoms with van der Waals surface area (Å²) in [5, 5.41) is 21.3. The molecule has 0 amide bonds. The smallest absolute Gasteiger partial charge is 0.115 e. The predicted octanol–water partition coefficient (Wildman–Crippen LogP) is 0.879. The highest BCUT2D eigenvalue weighted by molar-refractivity contribution is 5.25. The van der Waals surface area contributed by atoms with Gasteiger partial charge in [-0.05, 0) is 24.1 Å². The summed E-state index contributed by atoms with van der Waals surface area (Å²) in [5.41, 5.74) is 1.09. The molecule has 0 heterocycles. The molecule has 3 N–H and O–H groups in total. The molecule has 0 radical (unpaired) electrons. The van der Waals surface area contributed by atoms with Gasteiger partial charge in [0.15, 0.2) is 0 Å². The number of phenolic OH excluding ortho intramolecular Hbond substituents is 1. The molecule has 0 aliphatic heterocycles. The largest absolute Gasteiger partial charge is 0.508 e. The zero-order chi connectivity index (χ0) is 11.8. The lowest BCUT2D eigenvalue weighted by molar-refractivity contribution is 0.148. The van der Waals surface area contributed by atoms with Crippen LogP contribution < -0.4 is 5.32 Å². The minimum Gasteiger partial charge on any atom is -0.508 e. The summed E-state index contributed by atoms with van der Waals surface area (Å²) in [7, 11) is 1.65. The van der Waals surface area contributed by atoms with Gasteiger partial charge in [-0.15, -0.1) is 0 Å². The van der Waals surface area contributed by atoms with Crippen molar-refractivity contribution in [1.82, 2.24) is 5.32 Å². The molecule has 4 nitrogen and oxygen atoms in total. The van der Waals surface area contributed by atoms with Crippen molar-refractivity contribution >= 4 is 0 Å². The van der Waals surface area contributed by atoms with Gasteiger partial charge in [0.2, 0.25) is 0 Å². The molecule has 0 saturated carbocycles. The Bertz CT molecular complexity index is 281. The minimum absolute atomic E-state index is 0.149. The molecule has 16 heavy (non-hydrogen) atoms. The second-order valence-corrected chi connectivity index (χ2v) is 3.71. The van der Waals surface area contributed by atoms with Crippen LogP contribution in [0.2, 0.25) is 0 Å². The SMILES string of the molecule is COCC(CCO)NCc1ccc(O)cc1. The first kappa shape index (κ1) is 13.0. The van der Waals surface area contributed by atoms with Crippen LogP contribution in [0.15, 0.2) is 24.3 Å². The molecule has 1 rings (SSSR count). The molecule has 0 aliphatic rings. The zero-order valence-electron chi connectivity index (χ0n) is 9.52. The Labute approximate surface area is 95.9 Å². The number of aliphatic hydroxyl groups is 1. The van der Waals surface area contributed by atoms with Crippen LogP contribution in [0.3, 0.4) is 0 Å². The molecule has 1 aromatic carbocycles. The first-order valence-corrected chi connectivity index (χ1v) is 5.37. The number of rotatable bonds is 7. The molecule has 0 bridgehead atoms. The van der Waals surface area contributed by atoms with E-state index in [4.69, 9.17) is 14.9 Å². The molecule has 0 fully saturated rings. The van der Waals surface area contributed by atoms with Crippen LogP contribution in [-0.4, -0.2) is 36.6 Å². The summed E-state index contributed by atoms with van der Waals surface area (Å²) in [6, 6.07) is 7.21. The average molecular weight is 225 g/mol. The van der Waals surface area contributed by atoms with Crippen LogP contribution in [-0.2, 0) is 11.3 Å². The van der Waals surface area contributed by atoms with Crippen LogP contribution in [0, 0.1) is 0 Å². The molecular weight excluding hydrogens is 206 g/mol. The van der Waals surface area contributed by atoms with E-state index in [0.29, 0.717) is 19.6 Å². The number of methoxy groups -OCH3 is 1. The molecule has 0 aliphatic carbocycles. The summed E-state index contributed by atoms with van der Waals surface area (Å²) in [5.74, 6) is 0.271. The summed E-state index contributed by atoms with van der Waals surface area (Å²) in [6.45, 7) is 1.43. The van der Waals surface area contributed by atoms with Crippen molar-refractivity contribution < 1.29 is 14.9 Å².